The van der Waals surface area contributed by atoms with Gasteiger partial charge in [-0.1, -0.05) is 6.92 Å². The number of piperidine rings is 1. The molecule has 0 spiro atoms. The van der Waals surface area contributed by atoms with E-state index >= 15 is 0 Å². The number of carbonyl (C=O) groups is 1. The molecular weight excluding hydrogens is 426 g/mol. The van der Waals surface area contributed by atoms with Crippen LogP contribution < -0.4 is 30.0 Å². The van der Waals surface area contributed by atoms with Gasteiger partial charge in [0.05, 0.1) is 33.0 Å². The first-order valence-electron chi connectivity index (χ1n) is 10.8. The third kappa shape index (κ3) is 3.95. The molecule has 0 bridgehead atoms. The molecule has 1 aromatic heterocycles. The van der Waals surface area contributed by atoms with Gasteiger partial charge in [-0.2, -0.15) is 10.2 Å². The van der Waals surface area contributed by atoms with Crippen molar-refractivity contribution in [2.75, 3.05) is 44.6 Å². The second-order valence-corrected chi connectivity index (χ2v) is 8.34. The summed E-state index contributed by atoms with van der Waals surface area (Å²) in [7, 11) is 4.45. The molecule has 2 N–H and O–H groups in total. The van der Waals surface area contributed by atoms with E-state index < -0.39 is 23.3 Å². The van der Waals surface area contributed by atoms with Gasteiger partial charge in [0, 0.05) is 30.6 Å². The van der Waals surface area contributed by atoms with Crippen LogP contribution in [-0.4, -0.2) is 50.3 Å². The number of nitrogens with one attached hydrogen (secondary N) is 2. The predicted octanol–water partition coefficient (Wildman–Crippen LogP) is 2.26. The van der Waals surface area contributed by atoms with Gasteiger partial charge < -0.3 is 24.4 Å². The highest BCUT2D eigenvalue weighted by atomic mass is 16.5. The Morgan fingerprint density at radius 3 is 2.30 bits per heavy atom. The summed E-state index contributed by atoms with van der Waals surface area (Å²) in [6, 6.07) is 5.28. The molecule has 174 valence electrons. The lowest BCUT2D eigenvalue weighted by molar-refractivity contribution is -0.119. The van der Waals surface area contributed by atoms with Crippen LogP contribution in [0.25, 0.3) is 0 Å². The number of nitriles is 1. The molecule has 2 aliphatic heterocycles. The maximum absolute atomic E-state index is 13.3. The SMILES string of the molecule is COc1cc(OC)c(C2c3c(nc(N4CCC(C)CC4)[nH]c3=O)NC(=O)C2C#N)cc1OC. The molecule has 1 saturated heterocycles. The van der Waals surface area contributed by atoms with Crippen LogP contribution in [0, 0.1) is 23.2 Å². The lowest BCUT2D eigenvalue weighted by atomic mass is 9.78. The first kappa shape index (κ1) is 22.5. The maximum atomic E-state index is 13.3. The van der Waals surface area contributed by atoms with E-state index in [-0.39, 0.29) is 11.4 Å². The second kappa shape index (κ2) is 9.02. The van der Waals surface area contributed by atoms with Crippen molar-refractivity contribution in [1.82, 2.24) is 9.97 Å². The van der Waals surface area contributed by atoms with Crippen LogP contribution in [0.5, 0.6) is 17.2 Å². The second-order valence-electron chi connectivity index (χ2n) is 8.34. The third-order valence-electron chi connectivity index (χ3n) is 6.40. The van der Waals surface area contributed by atoms with Crippen molar-refractivity contribution in [3.63, 3.8) is 0 Å². The van der Waals surface area contributed by atoms with Crippen molar-refractivity contribution in [2.45, 2.75) is 25.7 Å². The van der Waals surface area contributed by atoms with E-state index in [0.29, 0.717) is 34.7 Å². The van der Waals surface area contributed by atoms with Crippen LogP contribution in [0.3, 0.4) is 0 Å². The van der Waals surface area contributed by atoms with E-state index in [2.05, 4.69) is 22.2 Å². The van der Waals surface area contributed by atoms with Crippen molar-refractivity contribution < 1.29 is 19.0 Å². The number of benzene rings is 1. The van der Waals surface area contributed by atoms with Crippen LogP contribution >= 0.6 is 0 Å². The molecule has 0 radical (unpaired) electrons. The molecule has 0 aliphatic carbocycles. The molecule has 4 rings (SSSR count). The van der Waals surface area contributed by atoms with Crippen molar-refractivity contribution in [2.24, 2.45) is 11.8 Å². The molecule has 33 heavy (non-hydrogen) atoms. The summed E-state index contributed by atoms with van der Waals surface area (Å²) < 4.78 is 16.3. The average Bonchev–Trinajstić information content (AvgIpc) is 2.82. The molecule has 2 unspecified atom stereocenters. The first-order chi connectivity index (χ1) is 15.9. The number of hydrogen-bond donors (Lipinski definition) is 2. The summed E-state index contributed by atoms with van der Waals surface area (Å²) in [5.41, 5.74) is 0.265. The van der Waals surface area contributed by atoms with Gasteiger partial charge in [-0.25, -0.2) is 0 Å². The summed E-state index contributed by atoms with van der Waals surface area (Å²) in [6.07, 6.45) is 1.99. The smallest absolute Gasteiger partial charge is 0.258 e. The molecule has 1 fully saturated rings. The molecule has 2 aliphatic rings. The Bertz CT molecular complexity index is 1160. The molecule has 1 amide bonds. The minimum atomic E-state index is -1.16. The number of carbonyl (C=O) groups excluding carboxylic acids is 1. The van der Waals surface area contributed by atoms with E-state index in [9.17, 15) is 14.9 Å². The van der Waals surface area contributed by atoms with E-state index in [1.165, 1.54) is 21.3 Å². The summed E-state index contributed by atoms with van der Waals surface area (Å²) in [5, 5.41) is 12.5. The number of amides is 1. The number of aromatic amines is 1. The van der Waals surface area contributed by atoms with Crippen molar-refractivity contribution >= 4 is 17.7 Å². The molecule has 1 aromatic carbocycles. The summed E-state index contributed by atoms with van der Waals surface area (Å²) >= 11 is 0. The summed E-state index contributed by atoms with van der Waals surface area (Å²) in [5.74, 6) is -0.215. The topological polar surface area (TPSA) is 130 Å². The summed E-state index contributed by atoms with van der Waals surface area (Å²) in [4.78, 5) is 35.7. The third-order valence-corrected chi connectivity index (χ3v) is 6.40. The maximum Gasteiger partial charge on any atom is 0.258 e. The van der Waals surface area contributed by atoms with Crippen molar-refractivity contribution in [3.8, 4) is 23.3 Å². The number of methoxy groups -OCH3 is 3. The van der Waals surface area contributed by atoms with Gasteiger partial charge in [0.2, 0.25) is 11.9 Å². The molecule has 0 saturated carbocycles. The van der Waals surface area contributed by atoms with E-state index in [1.54, 1.807) is 12.1 Å². The van der Waals surface area contributed by atoms with Crippen LogP contribution in [0.15, 0.2) is 16.9 Å². The predicted molar refractivity (Wildman–Crippen MR) is 121 cm³/mol. The number of aromatic nitrogens is 2. The lowest BCUT2D eigenvalue weighted by Gasteiger charge is -2.33. The van der Waals surface area contributed by atoms with E-state index in [0.717, 1.165) is 25.9 Å². The van der Waals surface area contributed by atoms with Crippen LogP contribution in [0.4, 0.5) is 11.8 Å². The standard InChI is InChI=1S/C23H27N5O5/c1-12-5-7-28(8-6-12)23-26-20-19(22(30)27-23)18(14(11-24)21(29)25-20)13-9-16(32-3)17(33-4)10-15(13)31-2/h9-10,12,14,18H,5-8H2,1-4H3,(H2,25,26,27,29,30). The fourth-order valence-electron chi connectivity index (χ4n) is 4.50. The zero-order chi connectivity index (χ0) is 23.7. The van der Waals surface area contributed by atoms with E-state index in [1.807, 2.05) is 11.0 Å². The van der Waals surface area contributed by atoms with Gasteiger partial charge in [-0.3, -0.25) is 14.6 Å². The number of H-pyrrole nitrogens is 1. The van der Waals surface area contributed by atoms with Crippen LogP contribution in [0.2, 0.25) is 0 Å². The molecule has 3 heterocycles. The van der Waals surface area contributed by atoms with Crippen LogP contribution in [-0.2, 0) is 4.79 Å². The molecular formula is C23H27N5O5. The summed E-state index contributed by atoms with van der Waals surface area (Å²) in [6.45, 7) is 3.74. The first-order valence-corrected chi connectivity index (χ1v) is 10.8. The van der Waals surface area contributed by atoms with Crippen molar-refractivity contribution in [1.29, 1.82) is 5.26 Å². The molecule has 10 heteroatoms. The van der Waals surface area contributed by atoms with Gasteiger partial charge in [-0.05, 0) is 24.8 Å². The van der Waals surface area contributed by atoms with E-state index in [4.69, 9.17) is 14.2 Å². The van der Waals surface area contributed by atoms with Crippen molar-refractivity contribution in [3.05, 3.63) is 33.6 Å². The Kier molecular flexibility index (Phi) is 6.14. The van der Waals surface area contributed by atoms with Gasteiger partial charge in [0.25, 0.3) is 5.56 Å². The quantitative estimate of drug-likeness (QED) is 0.705. The van der Waals surface area contributed by atoms with Gasteiger partial charge >= 0.3 is 0 Å². The monoisotopic (exact) mass is 453 g/mol. The van der Waals surface area contributed by atoms with Crippen LogP contribution in [0.1, 0.15) is 36.8 Å². The lowest BCUT2D eigenvalue weighted by Crippen LogP contribution is -2.40. The Balaban J connectivity index is 1.88. The van der Waals surface area contributed by atoms with Gasteiger partial charge in [0.1, 0.15) is 17.5 Å². The zero-order valence-corrected chi connectivity index (χ0v) is 19.1. The van der Waals surface area contributed by atoms with Gasteiger partial charge in [-0.15, -0.1) is 0 Å². The highest BCUT2D eigenvalue weighted by Crippen LogP contribution is 2.45. The minimum Gasteiger partial charge on any atom is -0.496 e. The number of ether oxygens (including phenoxy) is 3. The molecule has 10 nitrogen and oxygen atoms in total. The number of nitrogens with zero attached hydrogens (tertiary/aromatic N) is 3. The Morgan fingerprint density at radius 2 is 1.70 bits per heavy atom. The largest absolute Gasteiger partial charge is 0.496 e. The highest BCUT2D eigenvalue weighted by Gasteiger charge is 2.42. The van der Waals surface area contributed by atoms with Gasteiger partial charge in [0.15, 0.2) is 11.5 Å². The number of anilines is 2. The number of fused-ring (bicyclic) bond motifs is 1. The Hall–Kier alpha value is -3.74. The normalized spacial score (nSPS) is 20.5. The average molecular weight is 453 g/mol. The fraction of sp³-hybridized carbons (Fsp3) is 0.478. The minimum absolute atomic E-state index is 0.158. The zero-order valence-electron chi connectivity index (χ0n) is 19.1. The Labute approximate surface area is 191 Å². The Morgan fingerprint density at radius 1 is 1.06 bits per heavy atom. The molecule has 2 atom stereocenters. The highest BCUT2D eigenvalue weighted by molar-refractivity contribution is 5.98. The fourth-order valence-corrected chi connectivity index (χ4v) is 4.50. The number of hydrogen-bond acceptors (Lipinski definition) is 8. The molecule has 2 aromatic rings. The number of rotatable bonds is 5.